The zero-order valence-electron chi connectivity index (χ0n) is 12.0. The van der Waals surface area contributed by atoms with Crippen LogP contribution in [0.1, 0.15) is 58.8 Å². The summed E-state index contributed by atoms with van der Waals surface area (Å²) in [4.78, 5) is 14.4. The molecule has 0 unspecified atom stereocenters. The number of carbonyl (C=O) groups is 1. The molecule has 0 aromatic carbocycles. The third-order valence-corrected chi connectivity index (χ3v) is 4.15. The fraction of sp³-hybridized carbons (Fsp3) is 0.933. The van der Waals surface area contributed by atoms with Crippen molar-refractivity contribution in [2.75, 3.05) is 13.1 Å². The molecular formula is C15H28N2O. The van der Waals surface area contributed by atoms with Crippen LogP contribution in [0.3, 0.4) is 0 Å². The summed E-state index contributed by atoms with van der Waals surface area (Å²) in [7, 11) is 0. The van der Waals surface area contributed by atoms with E-state index in [0.717, 1.165) is 12.5 Å². The number of nitrogens with one attached hydrogen (secondary N) is 1. The van der Waals surface area contributed by atoms with E-state index >= 15 is 0 Å². The van der Waals surface area contributed by atoms with Gasteiger partial charge in [-0.3, -0.25) is 4.79 Å². The van der Waals surface area contributed by atoms with E-state index in [9.17, 15) is 4.79 Å². The molecule has 1 N–H and O–H groups in total. The van der Waals surface area contributed by atoms with Crippen molar-refractivity contribution in [2.45, 2.75) is 70.9 Å². The Kier molecular flexibility index (Phi) is 5.04. The quantitative estimate of drug-likeness (QED) is 0.788. The van der Waals surface area contributed by atoms with Crippen LogP contribution in [0.2, 0.25) is 0 Å². The molecule has 1 amide bonds. The predicted octanol–water partition coefficient (Wildman–Crippen LogP) is 2.56. The molecule has 0 aliphatic heterocycles. The number of hydrogen-bond donors (Lipinski definition) is 1. The number of hydrogen-bond acceptors (Lipinski definition) is 2. The van der Waals surface area contributed by atoms with Crippen LogP contribution in [0.15, 0.2) is 0 Å². The maximum absolute atomic E-state index is 12.3. The highest BCUT2D eigenvalue weighted by molar-refractivity contribution is 5.79. The highest BCUT2D eigenvalue weighted by Crippen LogP contribution is 2.31. The molecule has 2 fully saturated rings. The lowest BCUT2D eigenvalue weighted by Gasteiger charge is -2.30. The van der Waals surface area contributed by atoms with Crippen LogP contribution < -0.4 is 5.32 Å². The lowest BCUT2D eigenvalue weighted by atomic mass is 9.89. The van der Waals surface area contributed by atoms with Gasteiger partial charge in [0.2, 0.25) is 5.91 Å². The van der Waals surface area contributed by atoms with Crippen LogP contribution in [-0.4, -0.2) is 36.0 Å². The first-order valence-corrected chi connectivity index (χ1v) is 7.69. The van der Waals surface area contributed by atoms with Crippen molar-refractivity contribution in [3.8, 4) is 0 Å². The monoisotopic (exact) mass is 252 g/mol. The van der Waals surface area contributed by atoms with E-state index in [-0.39, 0.29) is 0 Å². The van der Waals surface area contributed by atoms with Gasteiger partial charge in [-0.2, -0.15) is 0 Å². The van der Waals surface area contributed by atoms with Crippen molar-refractivity contribution in [3.05, 3.63) is 0 Å². The van der Waals surface area contributed by atoms with Gasteiger partial charge in [-0.25, -0.2) is 0 Å². The zero-order chi connectivity index (χ0) is 13.0. The van der Waals surface area contributed by atoms with Crippen molar-refractivity contribution < 1.29 is 4.79 Å². The molecule has 2 rings (SSSR count). The summed E-state index contributed by atoms with van der Waals surface area (Å²) >= 11 is 0. The summed E-state index contributed by atoms with van der Waals surface area (Å²) in [5.74, 6) is 1.08. The SMILES string of the molecule is CC(C)NCC(=O)N(CC1CCCCC1)C1CC1. The van der Waals surface area contributed by atoms with Crippen LogP contribution in [0.4, 0.5) is 0 Å². The summed E-state index contributed by atoms with van der Waals surface area (Å²) in [6.07, 6.45) is 9.22. The Morgan fingerprint density at radius 1 is 1.17 bits per heavy atom. The van der Waals surface area contributed by atoms with E-state index in [0.29, 0.717) is 24.5 Å². The minimum absolute atomic E-state index is 0.316. The molecule has 0 saturated heterocycles. The molecule has 0 radical (unpaired) electrons. The Morgan fingerprint density at radius 2 is 1.83 bits per heavy atom. The van der Waals surface area contributed by atoms with Gasteiger partial charge in [-0.1, -0.05) is 33.1 Å². The second-order valence-electron chi connectivity index (χ2n) is 6.32. The van der Waals surface area contributed by atoms with Crippen LogP contribution in [0.25, 0.3) is 0 Å². The Hall–Kier alpha value is -0.570. The summed E-state index contributed by atoms with van der Waals surface area (Å²) < 4.78 is 0. The number of nitrogens with zero attached hydrogens (tertiary/aromatic N) is 1. The average Bonchev–Trinajstić information content (AvgIpc) is 3.18. The van der Waals surface area contributed by atoms with Crippen LogP contribution in [-0.2, 0) is 4.79 Å². The van der Waals surface area contributed by atoms with E-state index in [1.54, 1.807) is 0 Å². The van der Waals surface area contributed by atoms with Crippen molar-refractivity contribution in [2.24, 2.45) is 5.92 Å². The molecule has 0 heterocycles. The molecule has 2 saturated carbocycles. The second-order valence-corrected chi connectivity index (χ2v) is 6.32. The van der Waals surface area contributed by atoms with Crippen LogP contribution in [0.5, 0.6) is 0 Å². The summed E-state index contributed by atoms with van der Waals surface area (Å²) in [6.45, 7) is 5.72. The molecule has 0 bridgehead atoms. The van der Waals surface area contributed by atoms with Crippen LogP contribution >= 0.6 is 0 Å². The first-order valence-electron chi connectivity index (χ1n) is 7.69. The maximum atomic E-state index is 12.3. The number of amides is 1. The molecule has 2 aliphatic carbocycles. The van der Waals surface area contributed by atoms with Gasteiger partial charge in [0.25, 0.3) is 0 Å². The number of rotatable bonds is 6. The average molecular weight is 252 g/mol. The molecule has 0 spiro atoms. The summed E-state index contributed by atoms with van der Waals surface area (Å²) in [5, 5.41) is 3.25. The second kappa shape index (κ2) is 6.55. The molecule has 3 nitrogen and oxygen atoms in total. The van der Waals surface area contributed by atoms with E-state index in [2.05, 4.69) is 24.1 Å². The standard InChI is InChI=1S/C15H28N2O/c1-12(2)16-10-15(18)17(14-8-9-14)11-13-6-4-3-5-7-13/h12-14,16H,3-11H2,1-2H3. The molecule has 2 aliphatic rings. The largest absolute Gasteiger partial charge is 0.338 e. The maximum Gasteiger partial charge on any atom is 0.236 e. The highest BCUT2D eigenvalue weighted by atomic mass is 16.2. The molecule has 3 heteroatoms. The fourth-order valence-corrected chi connectivity index (χ4v) is 2.88. The van der Waals surface area contributed by atoms with Gasteiger partial charge in [-0.05, 0) is 31.6 Å². The third-order valence-electron chi connectivity index (χ3n) is 4.15. The summed E-state index contributed by atoms with van der Waals surface area (Å²) in [5.41, 5.74) is 0. The van der Waals surface area contributed by atoms with E-state index < -0.39 is 0 Å². The van der Waals surface area contributed by atoms with E-state index in [1.165, 1.54) is 44.9 Å². The van der Waals surface area contributed by atoms with Crippen molar-refractivity contribution in [1.82, 2.24) is 10.2 Å². The van der Waals surface area contributed by atoms with Crippen molar-refractivity contribution in [1.29, 1.82) is 0 Å². The lowest BCUT2D eigenvalue weighted by molar-refractivity contribution is -0.131. The normalized spacial score (nSPS) is 21.3. The molecule has 104 valence electrons. The zero-order valence-corrected chi connectivity index (χ0v) is 12.0. The van der Waals surface area contributed by atoms with Crippen molar-refractivity contribution in [3.63, 3.8) is 0 Å². The summed E-state index contributed by atoms with van der Waals surface area (Å²) in [6, 6.07) is 0.957. The Labute approximate surface area is 111 Å². The third kappa shape index (κ3) is 4.27. The highest BCUT2D eigenvalue weighted by Gasteiger charge is 2.33. The van der Waals surface area contributed by atoms with E-state index in [4.69, 9.17) is 0 Å². The first kappa shape index (κ1) is 13.9. The van der Waals surface area contributed by atoms with Gasteiger partial charge in [0.15, 0.2) is 0 Å². The Bertz CT molecular complexity index is 268. The van der Waals surface area contributed by atoms with Crippen LogP contribution in [0, 0.1) is 5.92 Å². The fourth-order valence-electron chi connectivity index (χ4n) is 2.88. The van der Waals surface area contributed by atoms with Gasteiger partial charge >= 0.3 is 0 Å². The molecule has 0 aromatic rings. The molecule has 18 heavy (non-hydrogen) atoms. The number of carbonyl (C=O) groups excluding carboxylic acids is 1. The Balaban J connectivity index is 1.81. The van der Waals surface area contributed by atoms with Gasteiger partial charge in [-0.15, -0.1) is 0 Å². The first-order chi connectivity index (χ1) is 8.66. The van der Waals surface area contributed by atoms with E-state index in [1.807, 2.05) is 0 Å². The van der Waals surface area contributed by atoms with Gasteiger partial charge in [0.05, 0.1) is 6.54 Å². The minimum atomic E-state index is 0.316. The van der Waals surface area contributed by atoms with Gasteiger partial charge in [0, 0.05) is 18.6 Å². The minimum Gasteiger partial charge on any atom is -0.338 e. The Morgan fingerprint density at radius 3 is 2.39 bits per heavy atom. The van der Waals surface area contributed by atoms with Gasteiger partial charge in [0.1, 0.15) is 0 Å². The van der Waals surface area contributed by atoms with Crippen molar-refractivity contribution >= 4 is 5.91 Å². The molecule has 0 aromatic heterocycles. The topological polar surface area (TPSA) is 32.3 Å². The smallest absolute Gasteiger partial charge is 0.236 e. The predicted molar refractivity (Wildman–Crippen MR) is 74.4 cm³/mol. The van der Waals surface area contributed by atoms with Gasteiger partial charge < -0.3 is 10.2 Å². The molecular weight excluding hydrogens is 224 g/mol. The molecule has 0 atom stereocenters. The lowest BCUT2D eigenvalue weighted by Crippen LogP contribution is -2.43.